The number of aliphatic hydroxyl groups is 2. The molecule has 2 aromatic rings. The molecule has 0 spiro atoms. The largest absolute Gasteiger partial charge is 0.507 e. The maximum Gasteiger partial charge on any atom is 0.122 e. The van der Waals surface area contributed by atoms with Gasteiger partial charge in [0.2, 0.25) is 0 Å². The number of aromatic hydroxyl groups is 1. The van der Waals surface area contributed by atoms with Gasteiger partial charge >= 0.3 is 0 Å². The highest BCUT2D eigenvalue weighted by Gasteiger charge is 2.13. The molecule has 0 heterocycles. The lowest BCUT2D eigenvalue weighted by molar-refractivity contribution is 0.203. The summed E-state index contributed by atoms with van der Waals surface area (Å²) in [6.07, 6.45) is 3.97. The Morgan fingerprint density at radius 2 is 1.73 bits per heavy atom. The molecule has 1 unspecified atom stereocenters. The third kappa shape index (κ3) is 5.45. The van der Waals surface area contributed by atoms with Gasteiger partial charge in [-0.1, -0.05) is 66.8 Å². The van der Waals surface area contributed by atoms with E-state index in [0.29, 0.717) is 18.4 Å². The summed E-state index contributed by atoms with van der Waals surface area (Å²) in [7, 11) is 0. The summed E-state index contributed by atoms with van der Waals surface area (Å²) in [5.74, 6) is 0.226. The summed E-state index contributed by atoms with van der Waals surface area (Å²) in [6, 6.07) is 17.1. The van der Waals surface area contributed by atoms with Gasteiger partial charge in [-0.15, -0.1) is 0 Å². The van der Waals surface area contributed by atoms with Gasteiger partial charge < -0.3 is 15.3 Å². The maximum absolute atomic E-state index is 10.5. The molecule has 0 aliphatic heterocycles. The highest BCUT2D eigenvalue weighted by atomic mass is 16.3. The van der Waals surface area contributed by atoms with E-state index in [1.54, 1.807) is 18.2 Å². The van der Waals surface area contributed by atoms with Crippen LogP contribution < -0.4 is 0 Å². The van der Waals surface area contributed by atoms with Crippen molar-refractivity contribution in [2.75, 3.05) is 6.61 Å². The molecule has 0 aliphatic rings. The molecule has 0 saturated carbocycles. The highest BCUT2D eigenvalue weighted by Crippen LogP contribution is 2.28. The Hall–Kier alpha value is -2.62. The number of phenolic OH excluding ortho intramolecular Hbond substituents is 1. The minimum absolute atomic E-state index is 0.126. The van der Waals surface area contributed by atoms with E-state index in [9.17, 15) is 10.2 Å². The standard InChI is InChI=1S/C23H26O3/c1-17(2)21(14-15-24)23(26)13-12-19(18-8-4-3-5-9-18)16-20-10-6-7-11-22(20)25/h3-11,14,16,23-26H,1,12-13,15H2,2H3/b19-16-,21-14-. The van der Waals surface area contributed by atoms with Crippen LogP contribution in [-0.2, 0) is 0 Å². The smallest absolute Gasteiger partial charge is 0.122 e. The van der Waals surface area contributed by atoms with Crippen molar-refractivity contribution >= 4 is 11.6 Å². The van der Waals surface area contributed by atoms with Crippen LogP contribution in [0, 0.1) is 0 Å². The second-order valence-corrected chi connectivity index (χ2v) is 6.27. The number of hydrogen-bond acceptors (Lipinski definition) is 3. The molecular weight excluding hydrogens is 324 g/mol. The van der Waals surface area contributed by atoms with Crippen LogP contribution in [0.25, 0.3) is 11.6 Å². The summed E-state index contributed by atoms with van der Waals surface area (Å²) >= 11 is 0. The Morgan fingerprint density at radius 3 is 2.35 bits per heavy atom. The molecule has 0 fully saturated rings. The quantitative estimate of drug-likeness (QED) is 0.483. The molecule has 0 aromatic heterocycles. The Morgan fingerprint density at radius 1 is 1.08 bits per heavy atom. The third-order valence-electron chi connectivity index (χ3n) is 4.26. The van der Waals surface area contributed by atoms with Crippen LogP contribution in [0.2, 0.25) is 0 Å². The molecule has 3 N–H and O–H groups in total. The molecule has 0 amide bonds. The molecule has 0 aliphatic carbocycles. The first-order valence-electron chi connectivity index (χ1n) is 8.71. The lowest BCUT2D eigenvalue weighted by atomic mass is 9.93. The predicted molar refractivity (Wildman–Crippen MR) is 108 cm³/mol. The van der Waals surface area contributed by atoms with E-state index in [0.717, 1.165) is 22.3 Å². The molecule has 1 atom stereocenters. The first-order chi connectivity index (χ1) is 12.5. The average molecular weight is 350 g/mol. The third-order valence-corrected chi connectivity index (χ3v) is 4.26. The number of rotatable bonds is 8. The number of benzene rings is 2. The van der Waals surface area contributed by atoms with Gasteiger partial charge in [-0.3, -0.25) is 0 Å². The summed E-state index contributed by atoms with van der Waals surface area (Å²) in [6.45, 7) is 5.57. The van der Waals surface area contributed by atoms with Gasteiger partial charge in [0.15, 0.2) is 0 Å². The second-order valence-electron chi connectivity index (χ2n) is 6.27. The Bertz CT molecular complexity index is 788. The zero-order valence-corrected chi connectivity index (χ0v) is 15.1. The lowest BCUT2D eigenvalue weighted by Crippen LogP contribution is -2.12. The van der Waals surface area contributed by atoms with Gasteiger partial charge in [0.25, 0.3) is 0 Å². The number of hydrogen-bond donors (Lipinski definition) is 3. The van der Waals surface area contributed by atoms with Crippen LogP contribution in [0.1, 0.15) is 30.9 Å². The van der Waals surface area contributed by atoms with Crippen molar-refractivity contribution in [3.8, 4) is 5.75 Å². The van der Waals surface area contributed by atoms with Gasteiger partial charge in [0.05, 0.1) is 12.7 Å². The van der Waals surface area contributed by atoms with Crippen molar-refractivity contribution in [1.82, 2.24) is 0 Å². The van der Waals surface area contributed by atoms with E-state index in [1.807, 2.05) is 55.5 Å². The molecule has 2 rings (SSSR count). The fourth-order valence-corrected chi connectivity index (χ4v) is 2.89. The molecule has 0 radical (unpaired) electrons. The first kappa shape index (κ1) is 19.7. The number of para-hydroxylation sites is 1. The van der Waals surface area contributed by atoms with E-state index in [1.165, 1.54) is 0 Å². The predicted octanol–water partition coefficient (Wildman–Crippen LogP) is 4.57. The SMILES string of the molecule is C=C(C)/C(=C/CO)C(O)CC/C(=C/c1ccccc1O)c1ccccc1. The van der Waals surface area contributed by atoms with Crippen molar-refractivity contribution in [3.05, 3.63) is 89.5 Å². The Kier molecular flexibility index (Phi) is 7.39. The Labute approximate surface area is 155 Å². The van der Waals surface area contributed by atoms with Crippen LogP contribution in [0.4, 0.5) is 0 Å². The van der Waals surface area contributed by atoms with Crippen LogP contribution >= 0.6 is 0 Å². The van der Waals surface area contributed by atoms with E-state index in [4.69, 9.17) is 5.11 Å². The van der Waals surface area contributed by atoms with Crippen molar-refractivity contribution in [1.29, 1.82) is 0 Å². The van der Waals surface area contributed by atoms with E-state index < -0.39 is 6.10 Å². The minimum atomic E-state index is -0.698. The van der Waals surface area contributed by atoms with Gasteiger partial charge in [0.1, 0.15) is 5.75 Å². The summed E-state index contributed by atoms with van der Waals surface area (Å²) in [4.78, 5) is 0. The molecule has 136 valence electrons. The highest BCUT2D eigenvalue weighted by molar-refractivity contribution is 5.83. The number of phenols is 1. The topological polar surface area (TPSA) is 60.7 Å². The lowest BCUT2D eigenvalue weighted by Gasteiger charge is -2.17. The molecule has 26 heavy (non-hydrogen) atoms. The molecule has 3 heteroatoms. The first-order valence-corrected chi connectivity index (χ1v) is 8.71. The van der Waals surface area contributed by atoms with Crippen molar-refractivity contribution in [2.24, 2.45) is 0 Å². The minimum Gasteiger partial charge on any atom is -0.507 e. The van der Waals surface area contributed by atoms with E-state index in [-0.39, 0.29) is 12.4 Å². The van der Waals surface area contributed by atoms with Crippen LogP contribution in [0.5, 0.6) is 5.75 Å². The number of aliphatic hydroxyl groups excluding tert-OH is 2. The summed E-state index contributed by atoms with van der Waals surface area (Å²) in [5, 5.41) is 29.7. The molecular formula is C23H26O3. The van der Waals surface area contributed by atoms with Crippen LogP contribution in [0.15, 0.2) is 78.4 Å². The van der Waals surface area contributed by atoms with Crippen LogP contribution in [0.3, 0.4) is 0 Å². The zero-order valence-electron chi connectivity index (χ0n) is 15.1. The van der Waals surface area contributed by atoms with Gasteiger partial charge in [-0.25, -0.2) is 0 Å². The van der Waals surface area contributed by atoms with Crippen molar-refractivity contribution < 1.29 is 15.3 Å². The molecule has 2 aromatic carbocycles. The summed E-state index contributed by atoms with van der Waals surface area (Å²) < 4.78 is 0. The Balaban J connectivity index is 2.27. The maximum atomic E-state index is 10.5. The molecule has 0 saturated heterocycles. The zero-order chi connectivity index (χ0) is 18.9. The molecule has 0 bridgehead atoms. The molecule has 3 nitrogen and oxygen atoms in total. The monoisotopic (exact) mass is 350 g/mol. The fraction of sp³-hybridized carbons (Fsp3) is 0.217. The van der Waals surface area contributed by atoms with Gasteiger partial charge in [0, 0.05) is 5.56 Å². The normalized spacial score (nSPS) is 13.5. The van der Waals surface area contributed by atoms with E-state index in [2.05, 4.69) is 6.58 Å². The van der Waals surface area contributed by atoms with Gasteiger partial charge in [-0.2, -0.15) is 0 Å². The van der Waals surface area contributed by atoms with Crippen LogP contribution in [-0.4, -0.2) is 28.0 Å². The average Bonchev–Trinajstić information content (AvgIpc) is 2.64. The van der Waals surface area contributed by atoms with Gasteiger partial charge in [-0.05, 0) is 48.6 Å². The number of allylic oxidation sites excluding steroid dienone is 1. The second kappa shape index (κ2) is 9.76. The van der Waals surface area contributed by atoms with E-state index >= 15 is 0 Å². The fourth-order valence-electron chi connectivity index (χ4n) is 2.89. The van der Waals surface area contributed by atoms with Crippen molar-refractivity contribution in [3.63, 3.8) is 0 Å². The van der Waals surface area contributed by atoms with Crippen molar-refractivity contribution in [2.45, 2.75) is 25.9 Å². The summed E-state index contributed by atoms with van der Waals surface area (Å²) in [5.41, 5.74) is 4.23.